The lowest BCUT2D eigenvalue weighted by Crippen LogP contribution is -2.53. The van der Waals surface area contributed by atoms with E-state index in [4.69, 9.17) is 11.6 Å². The van der Waals surface area contributed by atoms with Crippen molar-refractivity contribution in [3.8, 4) is 0 Å². The number of urea groups is 1. The van der Waals surface area contributed by atoms with Crippen molar-refractivity contribution in [1.29, 1.82) is 0 Å². The number of piperidine rings is 1. The molecule has 9 heteroatoms. The van der Waals surface area contributed by atoms with Gasteiger partial charge in [0, 0.05) is 54.7 Å². The summed E-state index contributed by atoms with van der Waals surface area (Å²) in [4.78, 5) is 45.5. The largest absolute Gasteiger partial charge is 0.357 e. The molecule has 2 aromatic rings. The summed E-state index contributed by atoms with van der Waals surface area (Å²) in [6.07, 6.45) is 3.04. The predicted octanol–water partition coefficient (Wildman–Crippen LogP) is 2.58. The zero-order valence-corrected chi connectivity index (χ0v) is 18.5. The Hall–Kier alpha value is -2.74. The molecule has 3 heterocycles. The Morgan fingerprint density at radius 3 is 2.87 bits per heavy atom. The molecule has 2 fully saturated rings. The fraction of sp³-hybridized carbons (Fsp3) is 0.500. The number of rotatable bonds is 5. The first-order chi connectivity index (χ1) is 14.9. The van der Waals surface area contributed by atoms with E-state index in [-0.39, 0.29) is 30.4 Å². The number of fused-ring (bicyclic) bond motifs is 1. The van der Waals surface area contributed by atoms with Crippen LogP contribution in [0.4, 0.5) is 4.79 Å². The summed E-state index contributed by atoms with van der Waals surface area (Å²) in [5.74, 6) is 0.0168. The number of nitrogens with zero attached hydrogens (tertiary/aromatic N) is 3. The molecule has 8 nitrogen and oxygen atoms in total. The number of aromatic nitrogens is 1. The third-order valence-electron chi connectivity index (χ3n) is 6.18. The van der Waals surface area contributed by atoms with Gasteiger partial charge in [0.2, 0.25) is 11.8 Å². The lowest BCUT2D eigenvalue weighted by atomic mass is 10.0. The summed E-state index contributed by atoms with van der Waals surface area (Å²) < 4.78 is 0. The number of halogens is 1. The highest BCUT2D eigenvalue weighted by molar-refractivity contribution is 6.31. The SMILES string of the molecule is CN(C(=O)NCc1cc2cc(Cl)ccc2[nH]1)[C@@H]1CCCN(C(=O)CN2CCCC2=O)C1. The van der Waals surface area contributed by atoms with Gasteiger partial charge in [-0.3, -0.25) is 9.59 Å². The van der Waals surface area contributed by atoms with Crippen molar-refractivity contribution in [3.05, 3.63) is 35.0 Å². The Kier molecular flexibility index (Phi) is 6.36. The quantitative estimate of drug-likeness (QED) is 0.741. The highest BCUT2D eigenvalue weighted by atomic mass is 35.5. The van der Waals surface area contributed by atoms with Crippen LogP contribution < -0.4 is 5.32 Å². The van der Waals surface area contributed by atoms with E-state index in [1.54, 1.807) is 21.7 Å². The van der Waals surface area contributed by atoms with Gasteiger partial charge in [0.25, 0.3) is 0 Å². The van der Waals surface area contributed by atoms with Gasteiger partial charge in [-0.1, -0.05) is 11.6 Å². The van der Waals surface area contributed by atoms with Gasteiger partial charge in [0.05, 0.1) is 19.1 Å². The van der Waals surface area contributed by atoms with Crippen LogP contribution in [0.15, 0.2) is 24.3 Å². The summed E-state index contributed by atoms with van der Waals surface area (Å²) in [6.45, 7) is 2.35. The van der Waals surface area contributed by atoms with E-state index in [9.17, 15) is 14.4 Å². The summed E-state index contributed by atoms with van der Waals surface area (Å²) in [7, 11) is 1.77. The Morgan fingerprint density at radius 2 is 2.10 bits per heavy atom. The topological polar surface area (TPSA) is 88.8 Å². The van der Waals surface area contributed by atoms with Gasteiger partial charge in [0.15, 0.2) is 0 Å². The summed E-state index contributed by atoms with van der Waals surface area (Å²) in [6, 6.07) is 7.38. The number of likely N-dealkylation sites (tertiary alicyclic amines) is 2. The molecule has 2 N–H and O–H groups in total. The van der Waals surface area contributed by atoms with E-state index in [0.717, 1.165) is 35.9 Å². The van der Waals surface area contributed by atoms with Crippen molar-refractivity contribution in [2.75, 3.05) is 33.2 Å². The van der Waals surface area contributed by atoms with Crippen molar-refractivity contribution in [1.82, 2.24) is 25.0 Å². The van der Waals surface area contributed by atoms with Crippen molar-refractivity contribution in [2.24, 2.45) is 0 Å². The number of aromatic amines is 1. The third-order valence-corrected chi connectivity index (χ3v) is 6.42. The van der Waals surface area contributed by atoms with E-state index >= 15 is 0 Å². The van der Waals surface area contributed by atoms with E-state index in [1.807, 2.05) is 24.3 Å². The molecular formula is C22H28ClN5O3. The maximum atomic E-state index is 12.7. The van der Waals surface area contributed by atoms with Gasteiger partial charge in [-0.15, -0.1) is 0 Å². The first-order valence-corrected chi connectivity index (χ1v) is 11.1. The predicted molar refractivity (Wildman–Crippen MR) is 119 cm³/mol. The van der Waals surface area contributed by atoms with Gasteiger partial charge in [0.1, 0.15) is 0 Å². The normalized spacial score (nSPS) is 19.2. The van der Waals surface area contributed by atoms with E-state index < -0.39 is 0 Å². The van der Waals surface area contributed by atoms with Crippen LogP contribution in [0.1, 0.15) is 31.4 Å². The van der Waals surface area contributed by atoms with Gasteiger partial charge in [-0.2, -0.15) is 0 Å². The van der Waals surface area contributed by atoms with E-state index in [1.165, 1.54) is 0 Å². The van der Waals surface area contributed by atoms with Crippen LogP contribution in [-0.4, -0.2) is 76.8 Å². The van der Waals surface area contributed by atoms with E-state index in [0.29, 0.717) is 37.6 Å². The zero-order valence-electron chi connectivity index (χ0n) is 17.7. The number of likely N-dealkylation sites (N-methyl/N-ethyl adjacent to an activating group) is 1. The number of carbonyl (C=O) groups excluding carboxylic acids is 3. The van der Waals surface area contributed by atoms with Gasteiger partial charge < -0.3 is 25.0 Å². The van der Waals surface area contributed by atoms with Crippen LogP contribution in [0.2, 0.25) is 5.02 Å². The van der Waals surface area contributed by atoms with Crippen molar-refractivity contribution < 1.29 is 14.4 Å². The molecule has 0 radical (unpaired) electrons. The van der Waals surface area contributed by atoms with Crippen LogP contribution in [0.5, 0.6) is 0 Å². The zero-order chi connectivity index (χ0) is 22.0. The standard InChI is InChI=1S/C22H28ClN5O3/c1-26(22(31)24-12-17-11-15-10-16(23)6-7-19(15)25-17)18-4-2-8-27(13-18)21(30)14-28-9-3-5-20(28)29/h6-7,10-11,18,25H,2-5,8-9,12-14H2,1H3,(H,24,31)/t18-/m1/s1. The Labute approximate surface area is 186 Å². The second-order valence-electron chi connectivity index (χ2n) is 8.35. The average molecular weight is 446 g/mol. The van der Waals surface area contributed by atoms with Crippen molar-refractivity contribution in [3.63, 3.8) is 0 Å². The van der Waals surface area contributed by atoms with Gasteiger partial charge in [-0.25, -0.2) is 4.79 Å². The second-order valence-corrected chi connectivity index (χ2v) is 8.79. The van der Waals surface area contributed by atoms with Crippen molar-refractivity contribution in [2.45, 2.75) is 38.3 Å². The fourth-order valence-corrected chi connectivity index (χ4v) is 4.53. The molecule has 0 unspecified atom stereocenters. The first kappa shape index (κ1) is 21.5. The number of benzene rings is 1. The maximum Gasteiger partial charge on any atom is 0.317 e. The molecule has 166 valence electrons. The summed E-state index contributed by atoms with van der Waals surface area (Å²) >= 11 is 6.03. The number of amides is 4. The molecule has 31 heavy (non-hydrogen) atoms. The molecule has 1 aromatic heterocycles. The molecule has 0 saturated carbocycles. The number of nitrogens with one attached hydrogen (secondary N) is 2. The Balaban J connectivity index is 1.30. The molecule has 0 spiro atoms. The number of hydrogen-bond donors (Lipinski definition) is 2. The first-order valence-electron chi connectivity index (χ1n) is 10.7. The minimum Gasteiger partial charge on any atom is -0.357 e. The van der Waals surface area contributed by atoms with Gasteiger partial charge >= 0.3 is 6.03 Å². The smallest absolute Gasteiger partial charge is 0.317 e. The van der Waals surface area contributed by atoms with Crippen LogP contribution in [0.3, 0.4) is 0 Å². The molecule has 4 amide bonds. The van der Waals surface area contributed by atoms with Gasteiger partial charge in [-0.05, 0) is 43.5 Å². The van der Waals surface area contributed by atoms with Crippen molar-refractivity contribution >= 4 is 40.3 Å². The van der Waals surface area contributed by atoms with Crippen LogP contribution >= 0.6 is 11.6 Å². The molecule has 0 aliphatic carbocycles. The molecular weight excluding hydrogens is 418 g/mol. The number of carbonyl (C=O) groups is 3. The van der Waals surface area contributed by atoms with Crippen LogP contribution in [-0.2, 0) is 16.1 Å². The molecule has 2 saturated heterocycles. The lowest BCUT2D eigenvalue weighted by Gasteiger charge is -2.38. The van der Waals surface area contributed by atoms with Crippen LogP contribution in [0, 0.1) is 0 Å². The summed E-state index contributed by atoms with van der Waals surface area (Å²) in [5.41, 5.74) is 1.87. The third kappa shape index (κ3) is 4.95. The molecule has 1 aromatic carbocycles. The molecule has 1 atom stereocenters. The monoisotopic (exact) mass is 445 g/mol. The minimum atomic E-state index is -0.175. The summed E-state index contributed by atoms with van der Waals surface area (Å²) in [5, 5.41) is 4.62. The molecule has 0 bridgehead atoms. The minimum absolute atomic E-state index is 0.0366. The number of H-pyrrole nitrogens is 1. The maximum absolute atomic E-state index is 12.7. The lowest BCUT2D eigenvalue weighted by molar-refractivity contribution is -0.139. The molecule has 4 rings (SSSR count). The average Bonchev–Trinajstić information content (AvgIpc) is 3.36. The van der Waals surface area contributed by atoms with E-state index in [2.05, 4.69) is 10.3 Å². The molecule has 2 aliphatic rings. The highest BCUT2D eigenvalue weighted by Crippen LogP contribution is 2.20. The Morgan fingerprint density at radius 1 is 1.26 bits per heavy atom. The fourth-order valence-electron chi connectivity index (χ4n) is 4.35. The highest BCUT2D eigenvalue weighted by Gasteiger charge is 2.30. The second kappa shape index (κ2) is 9.18. The Bertz CT molecular complexity index is 991. The molecule has 2 aliphatic heterocycles. The number of hydrogen-bond acceptors (Lipinski definition) is 3. The van der Waals surface area contributed by atoms with Crippen LogP contribution in [0.25, 0.3) is 10.9 Å².